The van der Waals surface area contributed by atoms with Gasteiger partial charge in [0.2, 0.25) is 0 Å². The van der Waals surface area contributed by atoms with Gasteiger partial charge in [0, 0.05) is 48.7 Å². The molecule has 1 aromatic carbocycles. The van der Waals surface area contributed by atoms with E-state index in [4.69, 9.17) is 10.7 Å². The molecule has 0 atom stereocenters. The molecule has 8 heteroatoms. The number of hydrogen-bond acceptors (Lipinski definition) is 7. The van der Waals surface area contributed by atoms with Crippen LogP contribution in [0.5, 0.6) is 0 Å². The maximum absolute atomic E-state index is 12.6. The quantitative estimate of drug-likeness (QED) is 0.517. The Labute approximate surface area is 176 Å². The molecule has 1 aliphatic heterocycles. The van der Waals surface area contributed by atoms with E-state index in [1.165, 1.54) is 33.8 Å². The number of benzene rings is 1. The van der Waals surface area contributed by atoms with Crippen molar-refractivity contribution in [3.05, 3.63) is 69.7 Å². The van der Waals surface area contributed by atoms with Crippen LogP contribution in [0.25, 0.3) is 10.2 Å². The molecule has 1 amide bonds. The van der Waals surface area contributed by atoms with Gasteiger partial charge in [-0.25, -0.2) is 9.97 Å². The third kappa shape index (κ3) is 3.62. The van der Waals surface area contributed by atoms with Crippen molar-refractivity contribution in [1.29, 1.82) is 0 Å². The number of nitrogens with one attached hydrogen (secondary N) is 1. The van der Waals surface area contributed by atoms with Gasteiger partial charge in [-0.15, -0.1) is 22.7 Å². The molecule has 3 N–H and O–H groups in total. The molecule has 0 unspecified atom stereocenters. The lowest BCUT2D eigenvalue weighted by Crippen LogP contribution is -2.30. The first kappa shape index (κ1) is 18.2. The zero-order valence-electron chi connectivity index (χ0n) is 15.6. The summed E-state index contributed by atoms with van der Waals surface area (Å²) in [7, 11) is 0. The Kier molecular flexibility index (Phi) is 4.75. The van der Waals surface area contributed by atoms with Crippen molar-refractivity contribution in [3.63, 3.8) is 0 Å². The Balaban J connectivity index is 1.41. The predicted molar refractivity (Wildman–Crippen MR) is 118 cm³/mol. The van der Waals surface area contributed by atoms with Crippen LogP contribution in [0, 0.1) is 0 Å². The maximum Gasteiger partial charge on any atom is 0.269 e. The molecule has 1 aliphatic rings. The fraction of sp³-hybridized carbons (Fsp3) is 0.190. The number of nitrogens with two attached hydrogens (primary N) is 1. The topological polar surface area (TPSA) is 84.1 Å². The van der Waals surface area contributed by atoms with Crippen LogP contribution in [0.2, 0.25) is 0 Å². The second kappa shape index (κ2) is 7.55. The van der Waals surface area contributed by atoms with Gasteiger partial charge in [-0.3, -0.25) is 15.0 Å². The van der Waals surface area contributed by atoms with Crippen LogP contribution in [0.1, 0.15) is 26.5 Å². The van der Waals surface area contributed by atoms with Crippen molar-refractivity contribution >= 4 is 49.6 Å². The number of fused-ring (bicyclic) bond motifs is 2. The van der Waals surface area contributed by atoms with E-state index in [2.05, 4.69) is 45.5 Å². The molecule has 0 spiro atoms. The summed E-state index contributed by atoms with van der Waals surface area (Å²) in [6.07, 6.45) is 2.56. The highest BCUT2D eigenvalue weighted by molar-refractivity contribution is 7.21. The number of nitrogens with zero attached hydrogens (tertiary/aromatic N) is 3. The third-order valence-corrected chi connectivity index (χ3v) is 6.86. The summed E-state index contributed by atoms with van der Waals surface area (Å²) in [6, 6.07) is 12.6. The Morgan fingerprint density at radius 1 is 1.28 bits per heavy atom. The smallest absolute Gasteiger partial charge is 0.269 e. The summed E-state index contributed by atoms with van der Waals surface area (Å²) >= 11 is 2.72. The SMILES string of the molecule is Nc1c(C(=O)Nc2nccs2)sc2nc3c(cc12)CN(Cc1ccccc1)CC3. The molecule has 3 aromatic heterocycles. The van der Waals surface area contributed by atoms with Gasteiger partial charge in [0.1, 0.15) is 9.71 Å². The largest absolute Gasteiger partial charge is 0.397 e. The molecule has 6 nitrogen and oxygen atoms in total. The molecule has 29 heavy (non-hydrogen) atoms. The normalized spacial score (nSPS) is 14.1. The van der Waals surface area contributed by atoms with Gasteiger partial charge in [0.25, 0.3) is 5.91 Å². The summed E-state index contributed by atoms with van der Waals surface area (Å²) in [5, 5.41) is 6.05. The van der Waals surface area contributed by atoms with Crippen molar-refractivity contribution in [2.75, 3.05) is 17.6 Å². The molecule has 0 aliphatic carbocycles. The van der Waals surface area contributed by atoms with E-state index in [1.54, 1.807) is 6.20 Å². The van der Waals surface area contributed by atoms with E-state index in [-0.39, 0.29) is 5.91 Å². The van der Waals surface area contributed by atoms with Crippen molar-refractivity contribution in [1.82, 2.24) is 14.9 Å². The summed E-state index contributed by atoms with van der Waals surface area (Å²) in [4.78, 5) is 25.3. The lowest BCUT2D eigenvalue weighted by molar-refractivity contribution is 0.103. The number of pyridine rings is 1. The zero-order chi connectivity index (χ0) is 19.8. The number of aromatic nitrogens is 2. The number of thiazole rings is 1. The van der Waals surface area contributed by atoms with Crippen LogP contribution in [0.3, 0.4) is 0 Å². The van der Waals surface area contributed by atoms with Crippen LogP contribution < -0.4 is 11.1 Å². The Hall–Kier alpha value is -2.81. The van der Waals surface area contributed by atoms with Crippen LogP contribution in [0.15, 0.2) is 48.0 Å². The maximum atomic E-state index is 12.6. The number of hydrogen-bond donors (Lipinski definition) is 2. The molecular weight excluding hydrogens is 402 g/mol. The number of carbonyl (C=O) groups is 1. The van der Waals surface area contributed by atoms with E-state index in [0.717, 1.165) is 42.0 Å². The van der Waals surface area contributed by atoms with Crippen molar-refractivity contribution < 1.29 is 4.79 Å². The van der Waals surface area contributed by atoms with Crippen molar-refractivity contribution in [3.8, 4) is 0 Å². The van der Waals surface area contributed by atoms with Gasteiger partial charge in [0.15, 0.2) is 5.13 Å². The van der Waals surface area contributed by atoms with E-state index in [1.807, 2.05) is 11.4 Å². The predicted octanol–water partition coefficient (Wildman–Crippen LogP) is 4.15. The lowest BCUT2D eigenvalue weighted by Gasteiger charge is -2.28. The molecule has 0 radical (unpaired) electrons. The number of thiophene rings is 1. The first-order chi connectivity index (χ1) is 14.2. The number of carbonyl (C=O) groups excluding carboxylic acids is 1. The van der Waals surface area contributed by atoms with Crippen LogP contribution in [-0.2, 0) is 19.5 Å². The number of amides is 1. The first-order valence-electron chi connectivity index (χ1n) is 9.35. The van der Waals surface area contributed by atoms with Gasteiger partial charge in [-0.2, -0.15) is 0 Å². The molecule has 0 bridgehead atoms. The van der Waals surface area contributed by atoms with Crippen LogP contribution in [0.4, 0.5) is 10.8 Å². The highest BCUT2D eigenvalue weighted by Crippen LogP contribution is 2.35. The Morgan fingerprint density at radius 3 is 2.93 bits per heavy atom. The van der Waals surface area contributed by atoms with E-state index in [0.29, 0.717) is 15.7 Å². The fourth-order valence-electron chi connectivity index (χ4n) is 3.64. The summed E-state index contributed by atoms with van der Waals surface area (Å²) in [5.41, 5.74) is 10.4. The molecule has 5 rings (SSSR count). The van der Waals surface area contributed by atoms with E-state index in [9.17, 15) is 4.79 Å². The highest BCUT2D eigenvalue weighted by Gasteiger charge is 2.23. The average Bonchev–Trinajstić information content (AvgIpc) is 3.35. The summed E-state index contributed by atoms with van der Waals surface area (Å²) in [5.74, 6) is -0.232. The molecule has 0 fully saturated rings. The Morgan fingerprint density at radius 2 is 2.14 bits per heavy atom. The van der Waals surface area contributed by atoms with E-state index >= 15 is 0 Å². The number of nitrogen functional groups attached to an aromatic ring is 1. The standard InChI is InChI=1S/C21H19N5OS2/c22-17-15-10-14-12-26(11-13-4-2-1-3-5-13)8-6-16(14)24-20(15)29-18(17)19(27)25-21-23-7-9-28-21/h1-5,7,9-10H,6,8,11-12,22H2,(H,23,25,27). The summed E-state index contributed by atoms with van der Waals surface area (Å²) in [6.45, 7) is 2.72. The van der Waals surface area contributed by atoms with Crippen molar-refractivity contribution in [2.45, 2.75) is 19.5 Å². The molecule has 4 heterocycles. The minimum atomic E-state index is -0.232. The van der Waals surface area contributed by atoms with Crippen LogP contribution >= 0.6 is 22.7 Å². The highest BCUT2D eigenvalue weighted by atomic mass is 32.1. The monoisotopic (exact) mass is 421 g/mol. The third-order valence-electron chi connectivity index (χ3n) is 5.06. The minimum absolute atomic E-state index is 0.232. The fourth-order valence-corrected chi connectivity index (χ4v) is 5.16. The lowest BCUT2D eigenvalue weighted by atomic mass is 10.0. The molecule has 146 valence electrons. The zero-order valence-corrected chi connectivity index (χ0v) is 17.2. The molecule has 0 saturated carbocycles. The van der Waals surface area contributed by atoms with Crippen LogP contribution in [-0.4, -0.2) is 27.3 Å². The number of anilines is 2. The van der Waals surface area contributed by atoms with Gasteiger partial charge in [0.05, 0.1) is 5.69 Å². The van der Waals surface area contributed by atoms with Gasteiger partial charge >= 0.3 is 0 Å². The average molecular weight is 422 g/mol. The molecule has 4 aromatic rings. The minimum Gasteiger partial charge on any atom is -0.397 e. The second-order valence-electron chi connectivity index (χ2n) is 7.03. The van der Waals surface area contributed by atoms with Gasteiger partial charge < -0.3 is 5.73 Å². The Bertz CT molecular complexity index is 1170. The van der Waals surface area contributed by atoms with E-state index < -0.39 is 0 Å². The van der Waals surface area contributed by atoms with Crippen molar-refractivity contribution in [2.24, 2.45) is 0 Å². The first-order valence-corrected chi connectivity index (χ1v) is 11.0. The second-order valence-corrected chi connectivity index (χ2v) is 8.92. The molecule has 0 saturated heterocycles. The van der Waals surface area contributed by atoms with Gasteiger partial charge in [-0.05, 0) is 17.2 Å². The number of rotatable bonds is 4. The summed E-state index contributed by atoms with van der Waals surface area (Å²) < 4.78 is 0. The molecular formula is C21H19N5OS2. The van der Waals surface area contributed by atoms with Gasteiger partial charge in [-0.1, -0.05) is 30.3 Å².